The van der Waals surface area contributed by atoms with E-state index in [4.69, 9.17) is 4.74 Å². The summed E-state index contributed by atoms with van der Waals surface area (Å²) >= 11 is 0. The van der Waals surface area contributed by atoms with Crippen molar-refractivity contribution in [2.45, 2.75) is 57.0 Å². The molecule has 2 nitrogen and oxygen atoms in total. The van der Waals surface area contributed by atoms with E-state index in [1.54, 1.807) is 0 Å². The zero-order valence-corrected chi connectivity index (χ0v) is 15.6. The number of ether oxygens (including phenoxy) is 1. The Morgan fingerprint density at radius 1 is 0.857 bits per heavy atom. The predicted molar refractivity (Wildman–Crippen MR) is 100 cm³/mol. The quantitative estimate of drug-likeness (QED) is 0.454. The van der Waals surface area contributed by atoms with Crippen molar-refractivity contribution in [2.75, 3.05) is 0 Å². The van der Waals surface area contributed by atoms with Crippen molar-refractivity contribution in [1.29, 1.82) is 0 Å². The van der Waals surface area contributed by atoms with Gasteiger partial charge in [-0.1, -0.05) is 24.3 Å². The minimum atomic E-state index is -1.44. The van der Waals surface area contributed by atoms with Crippen molar-refractivity contribution in [3.05, 3.63) is 59.4 Å². The highest BCUT2D eigenvalue weighted by atomic mass is 19.2. The monoisotopic (exact) mass is 388 g/mol. The summed E-state index contributed by atoms with van der Waals surface area (Å²) in [6, 6.07) is 9.76. The summed E-state index contributed by atoms with van der Waals surface area (Å²) in [5.41, 5.74) is 2.24. The van der Waals surface area contributed by atoms with Crippen LogP contribution in [0.4, 0.5) is 13.2 Å². The van der Waals surface area contributed by atoms with Crippen LogP contribution in [0.3, 0.4) is 0 Å². The zero-order valence-electron chi connectivity index (χ0n) is 15.6. The number of rotatable bonds is 5. The summed E-state index contributed by atoms with van der Waals surface area (Å²) in [5, 5.41) is 0. The molecule has 2 fully saturated rings. The molecule has 1 aliphatic heterocycles. The smallest absolute Gasteiger partial charge is 0.309 e. The average molecular weight is 388 g/mol. The Kier molecular flexibility index (Phi) is 5.42. The Balaban J connectivity index is 1.33. The van der Waals surface area contributed by atoms with Crippen LogP contribution in [-0.2, 0) is 9.53 Å². The van der Waals surface area contributed by atoms with Crippen LogP contribution in [0.15, 0.2) is 36.4 Å². The summed E-state index contributed by atoms with van der Waals surface area (Å²) in [6.07, 6.45) is 7.37. The van der Waals surface area contributed by atoms with E-state index in [2.05, 4.69) is 0 Å². The predicted octanol–water partition coefficient (Wildman–Crippen LogP) is 6.14. The van der Waals surface area contributed by atoms with Crippen LogP contribution >= 0.6 is 0 Å². The standard InChI is InChI=1S/C23H23F3O2/c24-20-11-18(12-21(25)23(20)26)17-8-6-16(7-9-17)15-4-1-14(2-5-15)3-10-19-13-22(27)28-19/h6-9,11-12,14-15,19H,1-5,10,13H2. The zero-order chi connectivity index (χ0) is 19.7. The van der Waals surface area contributed by atoms with Crippen molar-refractivity contribution >= 4 is 5.97 Å². The summed E-state index contributed by atoms with van der Waals surface area (Å²) in [6.45, 7) is 0. The minimum Gasteiger partial charge on any atom is -0.462 e. The lowest BCUT2D eigenvalue weighted by Crippen LogP contribution is -2.33. The Hall–Kier alpha value is -2.30. The molecule has 1 heterocycles. The van der Waals surface area contributed by atoms with Gasteiger partial charge in [0.2, 0.25) is 0 Å². The number of carbonyl (C=O) groups excluding carboxylic acids is 1. The van der Waals surface area contributed by atoms with E-state index in [9.17, 15) is 18.0 Å². The van der Waals surface area contributed by atoms with E-state index >= 15 is 0 Å². The number of hydrogen-bond acceptors (Lipinski definition) is 2. The third-order valence-electron chi connectivity index (χ3n) is 6.14. The fourth-order valence-corrected chi connectivity index (χ4v) is 4.40. The van der Waals surface area contributed by atoms with Gasteiger partial charge in [0.1, 0.15) is 6.10 Å². The second kappa shape index (κ2) is 7.98. The maximum Gasteiger partial charge on any atom is 0.309 e. The fraction of sp³-hybridized carbons (Fsp3) is 0.435. The first-order chi connectivity index (χ1) is 13.5. The van der Waals surface area contributed by atoms with Crippen LogP contribution in [0, 0.1) is 23.4 Å². The van der Waals surface area contributed by atoms with Crippen LogP contribution in [0.1, 0.15) is 56.4 Å². The van der Waals surface area contributed by atoms with Crippen molar-refractivity contribution in [3.63, 3.8) is 0 Å². The Labute approximate surface area is 162 Å². The molecule has 1 aliphatic carbocycles. The lowest BCUT2D eigenvalue weighted by atomic mass is 9.76. The van der Waals surface area contributed by atoms with Crippen LogP contribution in [0.25, 0.3) is 11.1 Å². The van der Waals surface area contributed by atoms with Crippen LogP contribution in [0.5, 0.6) is 0 Å². The highest BCUT2D eigenvalue weighted by molar-refractivity contribution is 5.75. The molecule has 4 rings (SSSR count). The van der Waals surface area contributed by atoms with Gasteiger partial charge in [0.15, 0.2) is 17.5 Å². The average Bonchev–Trinajstić information content (AvgIpc) is 2.69. The molecule has 1 saturated heterocycles. The summed E-state index contributed by atoms with van der Waals surface area (Å²) in [5.74, 6) is -2.67. The van der Waals surface area contributed by atoms with Crippen LogP contribution in [0.2, 0.25) is 0 Å². The highest BCUT2D eigenvalue weighted by Crippen LogP contribution is 2.39. The molecule has 0 spiro atoms. The first kappa shape index (κ1) is 19.0. The maximum absolute atomic E-state index is 13.5. The van der Waals surface area contributed by atoms with Crippen LogP contribution in [-0.4, -0.2) is 12.1 Å². The molecule has 2 aromatic rings. The Morgan fingerprint density at radius 2 is 1.46 bits per heavy atom. The lowest BCUT2D eigenvalue weighted by Gasteiger charge is -2.31. The molecular weight excluding hydrogens is 365 g/mol. The molecule has 0 aromatic heterocycles. The van der Waals surface area contributed by atoms with E-state index in [1.165, 1.54) is 18.4 Å². The molecule has 1 unspecified atom stereocenters. The summed E-state index contributed by atoms with van der Waals surface area (Å²) < 4.78 is 45.1. The normalized spacial score (nSPS) is 24.5. The molecule has 2 aromatic carbocycles. The molecule has 148 valence electrons. The first-order valence-corrected chi connectivity index (χ1v) is 9.94. The van der Waals surface area contributed by atoms with Gasteiger partial charge in [0, 0.05) is 0 Å². The summed E-state index contributed by atoms with van der Waals surface area (Å²) in [7, 11) is 0. The molecule has 1 atom stereocenters. The number of benzene rings is 2. The van der Waals surface area contributed by atoms with Crippen molar-refractivity contribution in [1.82, 2.24) is 0 Å². The van der Waals surface area contributed by atoms with Gasteiger partial charge < -0.3 is 4.74 Å². The largest absolute Gasteiger partial charge is 0.462 e. The van der Waals surface area contributed by atoms with Gasteiger partial charge in [0.05, 0.1) is 6.42 Å². The van der Waals surface area contributed by atoms with Gasteiger partial charge in [-0.15, -0.1) is 0 Å². The number of hydrogen-bond donors (Lipinski definition) is 0. The van der Waals surface area contributed by atoms with Gasteiger partial charge in [-0.05, 0) is 79.2 Å². The molecule has 0 amide bonds. The van der Waals surface area contributed by atoms with Crippen molar-refractivity contribution in [2.24, 2.45) is 5.92 Å². The van der Waals surface area contributed by atoms with Gasteiger partial charge in [0.25, 0.3) is 0 Å². The lowest BCUT2D eigenvalue weighted by molar-refractivity contribution is -0.170. The van der Waals surface area contributed by atoms with Crippen LogP contribution < -0.4 is 0 Å². The second-order valence-corrected chi connectivity index (χ2v) is 7.99. The third-order valence-corrected chi connectivity index (χ3v) is 6.14. The topological polar surface area (TPSA) is 26.3 Å². The number of carbonyl (C=O) groups is 1. The van der Waals surface area contributed by atoms with E-state index in [-0.39, 0.29) is 12.1 Å². The SMILES string of the molecule is O=C1CC(CCC2CCC(c3ccc(-c4cc(F)c(F)c(F)c4)cc3)CC2)O1. The highest BCUT2D eigenvalue weighted by Gasteiger charge is 2.30. The Bertz CT molecular complexity index is 824. The molecule has 0 N–H and O–H groups in total. The maximum atomic E-state index is 13.5. The third kappa shape index (κ3) is 4.08. The van der Waals surface area contributed by atoms with Gasteiger partial charge in [-0.25, -0.2) is 13.2 Å². The van der Waals surface area contributed by atoms with Gasteiger partial charge in [-0.3, -0.25) is 4.79 Å². The number of esters is 1. The van der Waals surface area contributed by atoms with Crippen molar-refractivity contribution < 1.29 is 22.7 Å². The number of cyclic esters (lactones) is 1. The molecule has 0 radical (unpaired) electrons. The van der Waals surface area contributed by atoms with E-state index in [0.717, 1.165) is 37.8 Å². The molecule has 0 bridgehead atoms. The molecule has 1 saturated carbocycles. The van der Waals surface area contributed by atoms with E-state index < -0.39 is 17.5 Å². The van der Waals surface area contributed by atoms with Crippen molar-refractivity contribution in [3.8, 4) is 11.1 Å². The van der Waals surface area contributed by atoms with Gasteiger partial charge >= 0.3 is 5.97 Å². The first-order valence-electron chi connectivity index (χ1n) is 9.94. The Morgan fingerprint density at radius 3 is 2.04 bits per heavy atom. The molecular formula is C23H23F3O2. The second-order valence-electron chi connectivity index (χ2n) is 7.99. The minimum absolute atomic E-state index is 0.0803. The summed E-state index contributed by atoms with van der Waals surface area (Å²) in [4.78, 5) is 10.8. The molecule has 28 heavy (non-hydrogen) atoms. The van der Waals surface area contributed by atoms with E-state index in [0.29, 0.717) is 29.4 Å². The fourth-order valence-electron chi connectivity index (χ4n) is 4.40. The molecule has 2 aliphatic rings. The van der Waals surface area contributed by atoms with Gasteiger partial charge in [-0.2, -0.15) is 0 Å². The molecule has 5 heteroatoms. The van der Waals surface area contributed by atoms with E-state index in [1.807, 2.05) is 24.3 Å². The number of halogens is 3.